The lowest BCUT2D eigenvalue weighted by Gasteiger charge is -2.28. The van der Waals surface area contributed by atoms with Crippen LogP contribution in [0.2, 0.25) is 0 Å². The molecule has 2 aromatic rings. The van der Waals surface area contributed by atoms with Gasteiger partial charge in [0.2, 0.25) is 15.9 Å². The number of carbonyl (C=O) groups excluding carboxylic acids is 1. The molecule has 32 heavy (non-hydrogen) atoms. The van der Waals surface area contributed by atoms with Gasteiger partial charge in [-0.1, -0.05) is 43.5 Å². The molecule has 7 nitrogen and oxygen atoms in total. The summed E-state index contributed by atoms with van der Waals surface area (Å²) < 4.78 is 31.1. The molecule has 1 fully saturated rings. The summed E-state index contributed by atoms with van der Waals surface area (Å²) in [6, 6.07) is 14.7. The van der Waals surface area contributed by atoms with Crippen LogP contribution in [0.5, 0.6) is 5.75 Å². The number of carbonyl (C=O) groups is 1. The minimum Gasteiger partial charge on any atom is -0.497 e. The van der Waals surface area contributed by atoms with Crippen LogP contribution >= 0.6 is 0 Å². The Morgan fingerprint density at radius 1 is 1.09 bits per heavy atom. The largest absolute Gasteiger partial charge is 0.497 e. The maximum Gasteiger partial charge on any atom is 0.246 e. The average molecular weight is 456 g/mol. The van der Waals surface area contributed by atoms with Crippen LogP contribution in [0.15, 0.2) is 53.6 Å². The molecule has 1 heterocycles. The summed E-state index contributed by atoms with van der Waals surface area (Å²) in [5.74, 6) is 0.842. The number of amides is 1. The van der Waals surface area contributed by atoms with E-state index >= 15 is 0 Å². The van der Waals surface area contributed by atoms with Gasteiger partial charge in [-0.05, 0) is 48.2 Å². The van der Waals surface area contributed by atoms with E-state index in [1.165, 1.54) is 6.42 Å². The number of benzene rings is 2. The van der Waals surface area contributed by atoms with Crippen molar-refractivity contribution in [3.05, 3.63) is 59.7 Å². The number of hydrogen-bond acceptors (Lipinski definition) is 5. The summed E-state index contributed by atoms with van der Waals surface area (Å²) in [7, 11) is -1.76. The predicted octanol–water partition coefficient (Wildman–Crippen LogP) is 4.32. The first-order chi connectivity index (χ1) is 15.3. The molecule has 170 valence electrons. The highest BCUT2D eigenvalue weighted by Gasteiger charge is 2.36. The highest BCUT2D eigenvalue weighted by molar-refractivity contribution is 7.92. The molecule has 0 bridgehead atoms. The van der Waals surface area contributed by atoms with Crippen molar-refractivity contribution in [3.63, 3.8) is 0 Å². The fourth-order valence-corrected chi connectivity index (χ4v) is 5.04. The van der Waals surface area contributed by atoms with E-state index in [-0.39, 0.29) is 17.9 Å². The molecule has 1 N–H and O–H groups in total. The third-order valence-electron chi connectivity index (χ3n) is 6.09. The molecule has 0 unspecified atom stereocenters. The molecule has 4 rings (SSSR count). The van der Waals surface area contributed by atoms with Crippen LogP contribution in [-0.4, -0.2) is 38.4 Å². The standard InChI is InChI=1S/C24H29N3O4S/c1-31-21-13-11-17(12-14-21)23-16-22(19-9-6-10-20(15-19)26-32(2,29)30)25-27(23)24(28)18-7-4-3-5-8-18/h6,9-15,18,23,26H,3-5,7-8,16H2,1-2H3/t23-/m1/s1. The van der Waals surface area contributed by atoms with Gasteiger partial charge in [0, 0.05) is 18.0 Å². The van der Waals surface area contributed by atoms with E-state index in [1.54, 1.807) is 30.3 Å². The molecule has 1 atom stereocenters. The number of rotatable bonds is 6. The highest BCUT2D eigenvalue weighted by Crippen LogP contribution is 2.37. The SMILES string of the molecule is COc1ccc([C@H]2CC(c3cccc(NS(C)(=O)=O)c3)=NN2C(=O)C2CCCCC2)cc1. The van der Waals surface area contributed by atoms with Crippen LogP contribution in [-0.2, 0) is 14.8 Å². The van der Waals surface area contributed by atoms with E-state index in [0.717, 1.165) is 54.5 Å². The van der Waals surface area contributed by atoms with Gasteiger partial charge in [-0.15, -0.1) is 0 Å². The molecular formula is C24H29N3O4S. The Morgan fingerprint density at radius 2 is 1.81 bits per heavy atom. The summed E-state index contributed by atoms with van der Waals surface area (Å²) >= 11 is 0. The van der Waals surface area contributed by atoms with Gasteiger partial charge in [-0.3, -0.25) is 9.52 Å². The molecule has 1 amide bonds. The summed E-state index contributed by atoms with van der Waals surface area (Å²) in [6.07, 6.45) is 6.83. The number of anilines is 1. The van der Waals surface area contributed by atoms with Gasteiger partial charge >= 0.3 is 0 Å². The van der Waals surface area contributed by atoms with Gasteiger partial charge in [0.25, 0.3) is 0 Å². The smallest absolute Gasteiger partial charge is 0.246 e. The Morgan fingerprint density at radius 3 is 2.47 bits per heavy atom. The van der Waals surface area contributed by atoms with Crippen molar-refractivity contribution in [3.8, 4) is 5.75 Å². The number of hydrogen-bond donors (Lipinski definition) is 1. The van der Waals surface area contributed by atoms with Crippen molar-refractivity contribution in [1.29, 1.82) is 0 Å². The Kier molecular flexibility index (Phi) is 6.50. The first kappa shape index (κ1) is 22.3. The number of nitrogens with zero attached hydrogens (tertiary/aromatic N) is 2. The van der Waals surface area contributed by atoms with Gasteiger partial charge < -0.3 is 4.74 Å². The zero-order valence-electron chi connectivity index (χ0n) is 18.5. The first-order valence-corrected chi connectivity index (χ1v) is 12.9. The molecular weight excluding hydrogens is 426 g/mol. The topological polar surface area (TPSA) is 88.1 Å². The molecule has 1 aliphatic carbocycles. The zero-order chi connectivity index (χ0) is 22.7. The van der Waals surface area contributed by atoms with Crippen molar-refractivity contribution in [1.82, 2.24) is 5.01 Å². The molecule has 8 heteroatoms. The molecule has 0 saturated heterocycles. The van der Waals surface area contributed by atoms with Crippen LogP contribution in [0, 0.1) is 5.92 Å². The van der Waals surface area contributed by atoms with Gasteiger partial charge in [-0.25, -0.2) is 13.4 Å². The fraction of sp³-hybridized carbons (Fsp3) is 0.417. The summed E-state index contributed by atoms with van der Waals surface area (Å²) in [5, 5.41) is 6.42. The van der Waals surface area contributed by atoms with E-state index in [1.807, 2.05) is 30.3 Å². The molecule has 1 saturated carbocycles. The average Bonchev–Trinajstić information content (AvgIpc) is 3.24. The number of methoxy groups -OCH3 is 1. The number of sulfonamides is 1. The lowest BCUT2D eigenvalue weighted by molar-refractivity contribution is -0.138. The normalized spacial score (nSPS) is 19.5. The maximum atomic E-state index is 13.4. The predicted molar refractivity (Wildman–Crippen MR) is 125 cm³/mol. The Hall–Kier alpha value is -2.87. The Labute approximate surface area is 189 Å². The van der Waals surface area contributed by atoms with Crippen LogP contribution in [0.25, 0.3) is 0 Å². The Balaban J connectivity index is 1.66. The van der Waals surface area contributed by atoms with Crippen LogP contribution in [0.1, 0.15) is 55.7 Å². The minimum absolute atomic E-state index is 0.00540. The second kappa shape index (κ2) is 9.32. The lowest BCUT2D eigenvalue weighted by atomic mass is 9.88. The van der Waals surface area contributed by atoms with E-state index in [2.05, 4.69) is 4.72 Å². The van der Waals surface area contributed by atoms with Crippen LogP contribution in [0.4, 0.5) is 5.69 Å². The lowest BCUT2D eigenvalue weighted by Crippen LogP contribution is -2.33. The van der Waals surface area contributed by atoms with Crippen molar-refractivity contribution in [2.45, 2.75) is 44.6 Å². The van der Waals surface area contributed by atoms with Crippen molar-refractivity contribution < 1.29 is 17.9 Å². The second-order valence-corrected chi connectivity index (χ2v) is 10.3. The number of ether oxygens (including phenoxy) is 1. The van der Waals surface area contributed by atoms with Crippen LogP contribution in [0.3, 0.4) is 0 Å². The molecule has 2 aliphatic rings. The summed E-state index contributed by atoms with van der Waals surface area (Å²) in [6.45, 7) is 0. The van der Waals surface area contributed by atoms with Crippen LogP contribution < -0.4 is 9.46 Å². The van der Waals surface area contributed by atoms with Gasteiger partial charge in [0.05, 0.1) is 25.1 Å². The summed E-state index contributed by atoms with van der Waals surface area (Å²) in [5.41, 5.74) is 3.05. The van der Waals surface area contributed by atoms with Gasteiger partial charge in [0.1, 0.15) is 5.75 Å². The summed E-state index contributed by atoms with van der Waals surface area (Å²) in [4.78, 5) is 13.4. The quantitative estimate of drug-likeness (QED) is 0.702. The van der Waals surface area contributed by atoms with E-state index < -0.39 is 10.0 Å². The molecule has 1 aliphatic heterocycles. The van der Waals surface area contributed by atoms with Crippen molar-refractivity contribution in [2.75, 3.05) is 18.1 Å². The van der Waals surface area contributed by atoms with Crippen molar-refractivity contribution in [2.24, 2.45) is 11.0 Å². The molecule has 2 aromatic carbocycles. The fourth-order valence-electron chi connectivity index (χ4n) is 4.49. The van der Waals surface area contributed by atoms with Gasteiger partial charge in [0.15, 0.2) is 0 Å². The molecule has 0 radical (unpaired) electrons. The zero-order valence-corrected chi connectivity index (χ0v) is 19.3. The minimum atomic E-state index is -3.38. The molecule has 0 spiro atoms. The van der Waals surface area contributed by atoms with E-state index in [9.17, 15) is 13.2 Å². The second-order valence-electron chi connectivity index (χ2n) is 8.51. The maximum absolute atomic E-state index is 13.4. The van der Waals surface area contributed by atoms with E-state index in [4.69, 9.17) is 9.84 Å². The van der Waals surface area contributed by atoms with E-state index in [0.29, 0.717) is 12.1 Å². The molecule has 0 aromatic heterocycles. The number of hydrazone groups is 1. The monoisotopic (exact) mass is 455 g/mol. The third-order valence-corrected chi connectivity index (χ3v) is 6.70. The number of nitrogens with one attached hydrogen (secondary N) is 1. The Bertz CT molecular complexity index is 1110. The van der Waals surface area contributed by atoms with Crippen molar-refractivity contribution >= 4 is 27.3 Å². The first-order valence-electron chi connectivity index (χ1n) is 11.0. The highest BCUT2D eigenvalue weighted by atomic mass is 32.2. The van der Waals surface area contributed by atoms with Gasteiger partial charge in [-0.2, -0.15) is 5.10 Å². The third kappa shape index (κ3) is 5.12.